The molecule has 0 aliphatic rings. The van der Waals surface area contributed by atoms with Gasteiger partial charge in [-0.2, -0.15) is 0 Å². The van der Waals surface area contributed by atoms with Crippen molar-refractivity contribution in [3.63, 3.8) is 0 Å². The van der Waals surface area contributed by atoms with E-state index in [4.69, 9.17) is 9.84 Å². The first kappa shape index (κ1) is 14.5. The van der Waals surface area contributed by atoms with Crippen molar-refractivity contribution in [2.24, 2.45) is 0 Å². The van der Waals surface area contributed by atoms with Crippen LogP contribution in [0.1, 0.15) is 26.3 Å². The maximum atomic E-state index is 12.1. The van der Waals surface area contributed by atoms with E-state index in [0.29, 0.717) is 22.7 Å². The number of nitrogens with zero attached hydrogens (tertiary/aromatic N) is 1. The molecule has 0 atom stereocenters. The lowest BCUT2D eigenvalue weighted by atomic mass is 10.1. The number of carbonyl (C=O) groups is 2. The van der Waals surface area contributed by atoms with E-state index in [9.17, 15) is 9.59 Å². The highest BCUT2D eigenvalue weighted by Gasteiger charge is 2.10. The van der Waals surface area contributed by atoms with Crippen LogP contribution in [0.2, 0.25) is 0 Å². The summed E-state index contributed by atoms with van der Waals surface area (Å²) in [6, 6.07) is 7.70. The van der Waals surface area contributed by atoms with Crippen molar-refractivity contribution in [3.05, 3.63) is 53.2 Å². The predicted molar refractivity (Wildman–Crippen MR) is 76.9 cm³/mol. The quantitative estimate of drug-likeness (QED) is 0.900. The lowest BCUT2D eigenvalue weighted by molar-refractivity contribution is 0.0696. The van der Waals surface area contributed by atoms with Crippen molar-refractivity contribution >= 4 is 17.6 Å². The van der Waals surface area contributed by atoms with Gasteiger partial charge in [0.05, 0.1) is 18.2 Å². The van der Waals surface area contributed by atoms with Crippen LogP contribution in [0.5, 0.6) is 5.88 Å². The van der Waals surface area contributed by atoms with Crippen LogP contribution in [0.25, 0.3) is 0 Å². The minimum absolute atomic E-state index is 0.177. The number of carbonyl (C=O) groups excluding carboxylic acids is 1. The fourth-order valence-electron chi connectivity index (χ4n) is 1.77. The third kappa shape index (κ3) is 3.36. The monoisotopic (exact) mass is 286 g/mol. The molecule has 0 spiro atoms. The van der Waals surface area contributed by atoms with E-state index in [2.05, 4.69) is 10.3 Å². The SMILES string of the molecule is COc1ccc(C(=O)Nc2ccc(C(=O)O)cc2C)cn1. The Morgan fingerprint density at radius 3 is 2.43 bits per heavy atom. The van der Waals surface area contributed by atoms with Crippen LogP contribution < -0.4 is 10.1 Å². The number of methoxy groups -OCH3 is 1. The third-order valence-electron chi connectivity index (χ3n) is 2.93. The van der Waals surface area contributed by atoms with Crippen LogP contribution in [0.3, 0.4) is 0 Å². The molecule has 1 heterocycles. The number of hydrogen-bond donors (Lipinski definition) is 2. The van der Waals surface area contributed by atoms with Gasteiger partial charge in [0.15, 0.2) is 0 Å². The van der Waals surface area contributed by atoms with Gasteiger partial charge >= 0.3 is 5.97 Å². The third-order valence-corrected chi connectivity index (χ3v) is 2.93. The Bertz CT molecular complexity index is 681. The highest BCUT2D eigenvalue weighted by Crippen LogP contribution is 2.18. The largest absolute Gasteiger partial charge is 0.481 e. The van der Waals surface area contributed by atoms with E-state index in [1.807, 2.05) is 0 Å². The zero-order valence-electron chi connectivity index (χ0n) is 11.6. The highest BCUT2D eigenvalue weighted by atomic mass is 16.5. The number of aromatic nitrogens is 1. The fraction of sp³-hybridized carbons (Fsp3) is 0.133. The summed E-state index contributed by atoms with van der Waals surface area (Å²) in [6.07, 6.45) is 1.41. The minimum atomic E-state index is -1.00. The number of benzene rings is 1. The summed E-state index contributed by atoms with van der Waals surface area (Å²) >= 11 is 0. The summed E-state index contributed by atoms with van der Waals surface area (Å²) in [6.45, 7) is 1.73. The number of ether oxygens (including phenoxy) is 1. The summed E-state index contributed by atoms with van der Waals surface area (Å²) in [4.78, 5) is 26.9. The average Bonchev–Trinajstić information content (AvgIpc) is 2.49. The van der Waals surface area contributed by atoms with E-state index in [0.717, 1.165) is 0 Å². The molecule has 0 fully saturated rings. The van der Waals surface area contributed by atoms with Gasteiger partial charge in [-0.3, -0.25) is 4.79 Å². The second-order valence-corrected chi connectivity index (χ2v) is 4.38. The normalized spacial score (nSPS) is 10.0. The molecule has 108 valence electrons. The van der Waals surface area contributed by atoms with Crippen LogP contribution in [-0.4, -0.2) is 29.1 Å². The molecule has 2 N–H and O–H groups in total. The molecule has 0 aliphatic heterocycles. The van der Waals surface area contributed by atoms with Crippen LogP contribution in [0.15, 0.2) is 36.5 Å². The highest BCUT2D eigenvalue weighted by molar-refractivity contribution is 6.04. The van der Waals surface area contributed by atoms with Gasteiger partial charge in [0, 0.05) is 18.0 Å². The summed E-state index contributed by atoms with van der Waals surface area (Å²) in [5.74, 6) is -0.903. The Morgan fingerprint density at radius 2 is 1.90 bits per heavy atom. The van der Waals surface area contributed by atoms with Gasteiger partial charge in [-0.15, -0.1) is 0 Å². The van der Waals surface area contributed by atoms with E-state index in [1.165, 1.54) is 25.4 Å². The maximum absolute atomic E-state index is 12.1. The number of hydrogen-bond acceptors (Lipinski definition) is 4. The zero-order chi connectivity index (χ0) is 15.4. The van der Waals surface area contributed by atoms with Gasteiger partial charge < -0.3 is 15.2 Å². The van der Waals surface area contributed by atoms with Crippen LogP contribution in [0, 0.1) is 6.92 Å². The molecule has 6 heteroatoms. The fourth-order valence-corrected chi connectivity index (χ4v) is 1.77. The van der Waals surface area contributed by atoms with Gasteiger partial charge in [-0.25, -0.2) is 9.78 Å². The van der Waals surface area contributed by atoms with Crippen molar-refractivity contribution in [2.45, 2.75) is 6.92 Å². The number of amides is 1. The number of aromatic carboxylic acids is 1. The standard InChI is InChI=1S/C15H14N2O4/c1-9-7-10(15(19)20)3-5-12(9)17-14(18)11-4-6-13(21-2)16-8-11/h3-8H,1-2H3,(H,17,18)(H,19,20). The molecular formula is C15H14N2O4. The number of carboxylic acid groups (broad SMARTS) is 1. The first-order valence-electron chi connectivity index (χ1n) is 6.16. The summed E-state index contributed by atoms with van der Waals surface area (Å²) in [7, 11) is 1.50. The molecule has 0 radical (unpaired) electrons. The molecule has 1 amide bonds. The van der Waals surface area contributed by atoms with Crippen LogP contribution in [-0.2, 0) is 0 Å². The molecule has 2 aromatic rings. The van der Waals surface area contributed by atoms with E-state index in [-0.39, 0.29) is 11.5 Å². The molecule has 0 saturated carbocycles. The number of anilines is 1. The molecule has 0 aliphatic carbocycles. The first-order chi connectivity index (χ1) is 10.0. The first-order valence-corrected chi connectivity index (χ1v) is 6.16. The van der Waals surface area contributed by atoms with Gasteiger partial charge in [-0.05, 0) is 36.8 Å². The Kier molecular flexibility index (Phi) is 4.18. The predicted octanol–water partition coefficient (Wildman–Crippen LogP) is 2.35. The minimum Gasteiger partial charge on any atom is -0.481 e. The van der Waals surface area contributed by atoms with Crippen molar-refractivity contribution in [1.82, 2.24) is 4.98 Å². The van der Waals surface area contributed by atoms with Crippen molar-refractivity contribution in [2.75, 3.05) is 12.4 Å². The summed E-state index contributed by atoms with van der Waals surface area (Å²) in [5.41, 5.74) is 1.79. The average molecular weight is 286 g/mol. The lowest BCUT2D eigenvalue weighted by Crippen LogP contribution is -2.13. The Morgan fingerprint density at radius 1 is 1.19 bits per heavy atom. The second-order valence-electron chi connectivity index (χ2n) is 4.38. The van der Waals surface area contributed by atoms with Gasteiger partial charge in [0.2, 0.25) is 5.88 Å². The smallest absolute Gasteiger partial charge is 0.335 e. The number of carboxylic acids is 1. The Labute approximate surface area is 121 Å². The molecule has 6 nitrogen and oxygen atoms in total. The topological polar surface area (TPSA) is 88.5 Å². The summed E-state index contributed by atoms with van der Waals surface area (Å²) in [5, 5.41) is 11.6. The number of nitrogens with one attached hydrogen (secondary N) is 1. The van der Waals surface area contributed by atoms with Crippen LogP contribution in [0.4, 0.5) is 5.69 Å². The molecule has 0 unspecified atom stereocenters. The van der Waals surface area contributed by atoms with Crippen LogP contribution >= 0.6 is 0 Å². The number of rotatable bonds is 4. The molecule has 21 heavy (non-hydrogen) atoms. The van der Waals surface area contributed by atoms with E-state index < -0.39 is 5.97 Å². The van der Waals surface area contributed by atoms with Crippen molar-refractivity contribution < 1.29 is 19.4 Å². The molecule has 1 aromatic carbocycles. The zero-order valence-corrected chi connectivity index (χ0v) is 11.6. The van der Waals surface area contributed by atoms with E-state index >= 15 is 0 Å². The molecule has 0 saturated heterocycles. The van der Waals surface area contributed by atoms with Crippen molar-refractivity contribution in [1.29, 1.82) is 0 Å². The number of pyridine rings is 1. The maximum Gasteiger partial charge on any atom is 0.335 e. The van der Waals surface area contributed by atoms with E-state index in [1.54, 1.807) is 25.1 Å². The lowest BCUT2D eigenvalue weighted by Gasteiger charge is -2.09. The molecule has 1 aromatic heterocycles. The Hall–Kier alpha value is -2.89. The van der Waals surface area contributed by atoms with Gasteiger partial charge in [-0.1, -0.05) is 0 Å². The van der Waals surface area contributed by atoms with Crippen molar-refractivity contribution in [3.8, 4) is 5.88 Å². The molecule has 2 rings (SSSR count). The van der Waals surface area contributed by atoms with Gasteiger partial charge in [0.1, 0.15) is 0 Å². The summed E-state index contributed by atoms with van der Waals surface area (Å²) < 4.78 is 4.92. The molecular weight excluding hydrogens is 272 g/mol. The second kappa shape index (κ2) is 6.04. The molecule has 0 bridgehead atoms. The number of aryl methyl sites for hydroxylation is 1. The Balaban J connectivity index is 2.17. The van der Waals surface area contributed by atoms with Gasteiger partial charge in [0.25, 0.3) is 5.91 Å².